The molecule has 2 amide bonds. The van der Waals surface area contributed by atoms with Crippen molar-refractivity contribution in [2.75, 3.05) is 5.73 Å². The van der Waals surface area contributed by atoms with Crippen LogP contribution in [0.4, 0.5) is 5.13 Å². The molecule has 0 spiro atoms. The standard InChI is InChI=1S/C27H26N6O5S/c1-15-10-11-32(12-16(15)2)20-9-8-19-22(25(35)33(19)23(20)26(36)37)30-24(34)21(18-14-39-27(28)29-18)31-38-13-17-6-4-3-5-7-17/h3-7,10-12,14,19,22H,8-9,13H2,1-2H3,(H3-,28,29,30,34,36,37)/p+1/t19?,22-/m0/s1. The number of oxime groups is 1. The average Bonchev–Trinajstić information content (AvgIpc) is 3.36. The number of rotatable bonds is 8. The number of aliphatic carboxylic acids is 1. The van der Waals surface area contributed by atoms with E-state index in [1.165, 1.54) is 4.90 Å². The van der Waals surface area contributed by atoms with E-state index in [1.807, 2.05) is 56.4 Å². The molecule has 5 rings (SSSR count). The fourth-order valence-electron chi connectivity index (χ4n) is 4.70. The molecule has 1 fully saturated rings. The zero-order valence-corrected chi connectivity index (χ0v) is 22.1. The number of carboxylic acids is 1. The minimum atomic E-state index is -1.20. The van der Waals surface area contributed by atoms with E-state index in [-0.39, 0.29) is 28.8 Å². The number of hydrogen-bond donors (Lipinski definition) is 3. The summed E-state index contributed by atoms with van der Waals surface area (Å²) >= 11 is 1.14. The summed E-state index contributed by atoms with van der Waals surface area (Å²) in [5.41, 5.74) is 9.23. The van der Waals surface area contributed by atoms with Gasteiger partial charge in [-0.1, -0.05) is 35.5 Å². The lowest BCUT2D eigenvalue weighted by molar-refractivity contribution is -0.585. The Morgan fingerprint density at radius 3 is 2.69 bits per heavy atom. The van der Waals surface area contributed by atoms with Gasteiger partial charge in [0.25, 0.3) is 11.8 Å². The minimum absolute atomic E-state index is 0.0811. The normalized spacial score (nSPS) is 18.9. The van der Waals surface area contributed by atoms with Gasteiger partial charge >= 0.3 is 5.97 Å². The number of carboxylic acid groups (broad SMARTS) is 1. The molecule has 2 aliphatic rings. The van der Waals surface area contributed by atoms with Crippen molar-refractivity contribution >= 4 is 45.7 Å². The monoisotopic (exact) mass is 547 g/mol. The third-order valence-electron chi connectivity index (χ3n) is 6.86. The minimum Gasteiger partial charge on any atom is -0.476 e. The van der Waals surface area contributed by atoms with E-state index >= 15 is 0 Å². The number of allylic oxidation sites excluding steroid dienone is 1. The first kappa shape index (κ1) is 26.0. The Bertz CT molecular complexity index is 1520. The van der Waals surface area contributed by atoms with Gasteiger partial charge in [-0.3, -0.25) is 14.5 Å². The van der Waals surface area contributed by atoms with Crippen molar-refractivity contribution in [2.45, 2.75) is 45.4 Å². The highest BCUT2D eigenvalue weighted by atomic mass is 32.1. The van der Waals surface area contributed by atoms with E-state index in [0.29, 0.717) is 18.5 Å². The lowest BCUT2D eigenvalue weighted by Crippen LogP contribution is -2.72. The Morgan fingerprint density at radius 1 is 1.26 bits per heavy atom. The molecule has 1 aromatic carbocycles. The number of fused-ring (bicyclic) bond motifs is 1. The second-order valence-corrected chi connectivity index (χ2v) is 10.2. The molecule has 3 aromatic rings. The van der Waals surface area contributed by atoms with Crippen LogP contribution in [0.2, 0.25) is 0 Å². The summed E-state index contributed by atoms with van der Waals surface area (Å²) in [6, 6.07) is 9.81. The molecule has 0 saturated carbocycles. The number of pyridine rings is 1. The molecule has 2 aromatic heterocycles. The van der Waals surface area contributed by atoms with Gasteiger partial charge in [-0.15, -0.1) is 11.3 Å². The largest absolute Gasteiger partial charge is 0.476 e. The molecule has 2 atom stereocenters. The quantitative estimate of drug-likeness (QED) is 0.169. The first-order valence-electron chi connectivity index (χ1n) is 12.3. The van der Waals surface area contributed by atoms with Crippen molar-refractivity contribution in [3.05, 3.63) is 82.3 Å². The second-order valence-electron chi connectivity index (χ2n) is 9.35. The summed E-state index contributed by atoms with van der Waals surface area (Å²) in [7, 11) is 0. The number of anilines is 1. The molecular formula is C27H27N6O5S+. The van der Waals surface area contributed by atoms with Crippen molar-refractivity contribution in [3.63, 3.8) is 0 Å². The Labute approximate surface area is 228 Å². The third kappa shape index (κ3) is 5.10. The number of nitrogens with zero attached hydrogens (tertiary/aromatic N) is 4. The zero-order chi connectivity index (χ0) is 27.7. The summed E-state index contributed by atoms with van der Waals surface area (Å²) in [4.78, 5) is 49.6. The fraction of sp³-hybridized carbons (Fsp3) is 0.259. The molecule has 1 saturated heterocycles. The van der Waals surface area contributed by atoms with E-state index in [2.05, 4.69) is 15.5 Å². The van der Waals surface area contributed by atoms with Gasteiger partial charge in [0.1, 0.15) is 18.3 Å². The number of nitrogen functional groups attached to an aromatic ring is 1. The Hall–Kier alpha value is -4.58. The van der Waals surface area contributed by atoms with Gasteiger partial charge in [-0.2, -0.15) is 4.57 Å². The van der Waals surface area contributed by atoms with Gasteiger partial charge in [0.05, 0.1) is 6.04 Å². The first-order valence-corrected chi connectivity index (χ1v) is 13.2. The van der Waals surface area contributed by atoms with Crippen LogP contribution in [0.25, 0.3) is 5.70 Å². The molecule has 12 heteroatoms. The maximum atomic E-state index is 13.3. The Morgan fingerprint density at radius 2 is 2.03 bits per heavy atom. The molecule has 0 bridgehead atoms. The lowest BCUT2D eigenvalue weighted by Gasteiger charge is -2.48. The van der Waals surface area contributed by atoms with E-state index in [1.54, 1.807) is 16.1 Å². The maximum Gasteiger partial charge on any atom is 0.359 e. The smallest absolute Gasteiger partial charge is 0.359 e. The van der Waals surface area contributed by atoms with Crippen LogP contribution in [-0.2, 0) is 25.8 Å². The highest BCUT2D eigenvalue weighted by Gasteiger charge is 2.55. The highest BCUT2D eigenvalue weighted by molar-refractivity contribution is 7.13. The molecule has 0 aliphatic carbocycles. The van der Waals surface area contributed by atoms with Crippen molar-refractivity contribution in [2.24, 2.45) is 5.16 Å². The number of carbonyl (C=O) groups is 3. The molecule has 39 heavy (non-hydrogen) atoms. The highest BCUT2D eigenvalue weighted by Crippen LogP contribution is 2.37. The van der Waals surface area contributed by atoms with Crippen molar-refractivity contribution in [3.8, 4) is 0 Å². The number of benzene rings is 1. The number of aryl methyl sites for hydroxylation is 2. The number of nitrogens with one attached hydrogen (secondary N) is 1. The van der Waals surface area contributed by atoms with Gasteiger partial charge < -0.3 is 21.0 Å². The van der Waals surface area contributed by atoms with E-state index in [4.69, 9.17) is 10.6 Å². The number of thiazole rings is 1. The van der Waals surface area contributed by atoms with Crippen LogP contribution in [0, 0.1) is 13.8 Å². The average molecular weight is 548 g/mol. The van der Waals surface area contributed by atoms with Gasteiger partial charge in [0, 0.05) is 23.4 Å². The third-order valence-corrected chi connectivity index (χ3v) is 7.54. The Balaban J connectivity index is 1.36. The summed E-state index contributed by atoms with van der Waals surface area (Å²) < 4.78 is 1.75. The van der Waals surface area contributed by atoms with Gasteiger partial charge in [-0.05, 0) is 31.4 Å². The second kappa shape index (κ2) is 10.7. The van der Waals surface area contributed by atoms with Crippen LogP contribution < -0.4 is 15.6 Å². The fourth-order valence-corrected chi connectivity index (χ4v) is 5.24. The van der Waals surface area contributed by atoms with Crippen molar-refractivity contribution in [1.82, 2.24) is 15.2 Å². The Kier molecular flexibility index (Phi) is 7.11. The van der Waals surface area contributed by atoms with Crippen molar-refractivity contribution in [1.29, 1.82) is 0 Å². The van der Waals surface area contributed by atoms with E-state index in [0.717, 1.165) is 28.0 Å². The van der Waals surface area contributed by atoms with Crippen LogP contribution in [0.15, 0.2) is 65.0 Å². The molecule has 1 unspecified atom stereocenters. The molecular weight excluding hydrogens is 520 g/mol. The number of amides is 2. The summed E-state index contributed by atoms with van der Waals surface area (Å²) in [6.07, 6.45) is 4.54. The van der Waals surface area contributed by atoms with Crippen LogP contribution in [0.3, 0.4) is 0 Å². The molecule has 200 valence electrons. The first-order chi connectivity index (χ1) is 18.7. The number of carbonyl (C=O) groups excluding carboxylic acids is 2. The number of hydrogen-bond acceptors (Lipinski definition) is 8. The van der Waals surface area contributed by atoms with Gasteiger partial charge in [-0.25, -0.2) is 9.78 Å². The van der Waals surface area contributed by atoms with Crippen LogP contribution >= 0.6 is 11.3 Å². The van der Waals surface area contributed by atoms with Crippen LogP contribution in [0.5, 0.6) is 0 Å². The molecule has 11 nitrogen and oxygen atoms in total. The summed E-state index contributed by atoms with van der Waals surface area (Å²) in [5, 5.41) is 18.6. The van der Waals surface area contributed by atoms with Gasteiger partial charge in [0.2, 0.25) is 5.70 Å². The van der Waals surface area contributed by atoms with Crippen molar-refractivity contribution < 1.29 is 28.9 Å². The van der Waals surface area contributed by atoms with Gasteiger partial charge in [0.15, 0.2) is 28.9 Å². The number of nitrogens with two attached hydrogens (primary N) is 1. The molecule has 0 radical (unpaired) electrons. The lowest BCUT2D eigenvalue weighted by atomic mass is 9.85. The number of aromatic nitrogens is 2. The topological polar surface area (TPSA) is 151 Å². The van der Waals surface area contributed by atoms with E-state index < -0.39 is 29.9 Å². The molecule has 2 aliphatic heterocycles. The summed E-state index contributed by atoms with van der Waals surface area (Å²) in [5.74, 6) is -2.37. The van der Waals surface area contributed by atoms with E-state index in [9.17, 15) is 19.5 Å². The maximum absolute atomic E-state index is 13.3. The zero-order valence-electron chi connectivity index (χ0n) is 21.3. The SMILES string of the molecule is Cc1cc[n+](C2=C(C(=O)O)N3C(=O)[C@@H](NC(=O)C(=NOCc4ccccc4)c4csc(N)n4)C3CC2)cc1C. The number of β-lactam (4-membered cyclic amide) rings is 1. The van der Waals surface area contributed by atoms with Crippen LogP contribution in [-0.4, -0.2) is 50.6 Å². The predicted octanol–water partition coefficient (Wildman–Crippen LogP) is 1.99. The molecule has 4 heterocycles. The molecule has 4 N–H and O–H groups in total. The van der Waals surface area contributed by atoms with Crippen LogP contribution in [0.1, 0.15) is 35.2 Å². The summed E-state index contributed by atoms with van der Waals surface area (Å²) in [6.45, 7) is 4.04. The predicted molar refractivity (Wildman–Crippen MR) is 143 cm³/mol.